The fraction of sp³-hybridized carbons (Fsp3) is 0.263. The molecule has 0 unspecified atom stereocenters. The summed E-state index contributed by atoms with van der Waals surface area (Å²) in [6, 6.07) is 14.0. The number of carboxylic acids is 1. The number of carbonyl (C=O) groups excluding carboxylic acids is 1. The van der Waals surface area contributed by atoms with Crippen LogP contribution in [-0.4, -0.2) is 41.6 Å². The van der Waals surface area contributed by atoms with Crippen molar-refractivity contribution in [3.63, 3.8) is 0 Å². The molecule has 1 atom stereocenters. The zero-order valence-electron chi connectivity index (χ0n) is 13.8. The number of benzene rings is 2. The van der Waals surface area contributed by atoms with E-state index in [1.807, 2.05) is 30.3 Å². The fourth-order valence-electron chi connectivity index (χ4n) is 2.65. The van der Waals surface area contributed by atoms with Gasteiger partial charge in [0.25, 0.3) is 5.91 Å². The number of likely N-dealkylation sites (tertiary alicyclic amines) is 1. The van der Waals surface area contributed by atoms with Crippen molar-refractivity contribution in [2.75, 3.05) is 13.6 Å². The third-order valence-electron chi connectivity index (χ3n) is 4.03. The molecule has 0 bridgehead atoms. The first kappa shape index (κ1) is 16.8. The molecule has 0 aromatic heterocycles. The van der Waals surface area contributed by atoms with Gasteiger partial charge in [-0.05, 0) is 17.7 Å². The maximum Gasteiger partial charge on any atom is 0.335 e. The highest BCUT2D eigenvalue weighted by Gasteiger charge is 2.31. The summed E-state index contributed by atoms with van der Waals surface area (Å²) in [6.45, 7) is 0.938. The van der Waals surface area contributed by atoms with Gasteiger partial charge in [-0.1, -0.05) is 30.3 Å². The molecular weight excluding hydrogens is 322 g/mol. The zero-order valence-corrected chi connectivity index (χ0v) is 13.8. The van der Waals surface area contributed by atoms with Gasteiger partial charge in [0, 0.05) is 26.1 Å². The van der Waals surface area contributed by atoms with Crippen LogP contribution in [0.25, 0.3) is 0 Å². The molecule has 2 aromatic rings. The van der Waals surface area contributed by atoms with Gasteiger partial charge in [-0.2, -0.15) is 0 Å². The molecule has 2 aromatic carbocycles. The van der Waals surface area contributed by atoms with E-state index in [0.29, 0.717) is 31.1 Å². The number of carboxylic acid groups (broad SMARTS) is 1. The Morgan fingerprint density at radius 2 is 1.92 bits per heavy atom. The van der Waals surface area contributed by atoms with Gasteiger partial charge in [0.15, 0.2) is 6.10 Å². The Balaban J connectivity index is 1.77. The van der Waals surface area contributed by atoms with Crippen LogP contribution in [0.4, 0.5) is 0 Å². The molecule has 1 aliphatic heterocycles. The smallest absolute Gasteiger partial charge is 0.335 e. The van der Waals surface area contributed by atoms with Gasteiger partial charge in [-0.15, -0.1) is 0 Å². The van der Waals surface area contributed by atoms with E-state index >= 15 is 0 Å². The molecule has 6 heteroatoms. The standard InChI is InChI=1S/C19H19NO5/c1-20-8-7-17(18(20)21)25-16-10-14(19(22)23)9-15(11-16)24-12-13-5-3-2-4-6-13/h2-6,9-11,17H,7-8,12H2,1H3,(H,22,23)/t17-/m0/s1. The molecule has 1 saturated heterocycles. The molecule has 1 amide bonds. The third-order valence-corrected chi connectivity index (χ3v) is 4.03. The molecule has 130 valence electrons. The Bertz CT molecular complexity index is 775. The van der Waals surface area contributed by atoms with Crippen molar-refractivity contribution in [3.05, 3.63) is 59.7 Å². The first-order chi connectivity index (χ1) is 12.0. The molecule has 6 nitrogen and oxygen atoms in total. The summed E-state index contributed by atoms with van der Waals surface area (Å²) < 4.78 is 11.4. The molecule has 0 aliphatic carbocycles. The van der Waals surface area contributed by atoms with Crippen molar-refractivity contribution in [1.29, 1.82) is 0 Å². The monoisotopic (exact) mass is 341 g/mol. The minimum absolute atomic E-state index is 0.0550. The highest BCUT2D eigenvalue weighted by molar-refractivity contribution is 5.89. The number of nitrogens with zero attached hydrogens (tertiary/aromatic N) is 1. The van der Waals surface area contributed by atoms with Crippen molar-refractivity contribution >= 4 is 11.9 Å². The van der Waals surface area contributed by atoms with Crippen LogP contribution in [0.2, 0.25) is 0 Å². The first-order valence-corrected chi connectivity index (χ1v) is 7.99. The topological polar surface area (TPSA) is 76.1 Å². The lowest BCUT2D eigenvalue weighted by Gasteiger charge is -2.15. The van der Waals surface area contributed by atoms with Crippen LogP contribution in [-0.2, 0) is 11.4 Å². The minimum Gasteiger partial charge on any atom is -0.489 e. The Morgan fingerprint density at radius 1 is 1.20 bits per heavy atom. The van der Waals surface area contributed by atoms with Crippen LogP contribution in [0.1, 0.15) is 22.3 Å². The molecule has 25 heavy (non-hydrogen) atoms. The van der Waals surface area contributed by atoms with Crippen LogP contribution in [0.15, 0.2) is 48.5 Å². The predicted molar refractivity (Wildman–Crippen MR) is 90.8 cm³/mol. The minimum atomic E-state index is -1.08. The summed E-state index contributed by atoms with van der Waals surface area (Å²) in [5.41, 5.74) is 1.03. The summed E-state index contributed by atoms with van der Waals surface area (Å²) in [4.78, 5) is 24.9. The van der Waals surface area contributed by atoms with Crippen molar-refractivity contribution in [1.82, 2.24) is 4.90 Å². The maximum absolute atomic E-state index is 12.0. The average Bonchev–Trinajstić information content (AvgIpc) is 2.93. The second-order valence-corrected chi connectivity index (χ2v) is 5.93. The molecule has 1 fully saturated rings. The number of carbonyl (C=O) groups is 2. The number of hydrogen-bond donors (Lipinski definition) is 1. The summed E-state index contributed by atoms with van der Waals surface area (Å²) in [7, 11) is 1.72. The lowest BCUT2D eigenvalue weighted by molar-refractivity contribution is -0.132. The van der Waals surface area contributed by atoms with Crippen LogP contribution in [0.3, 0.4) is 0 Å². The van der Waals surface area contributed by atoms with Crippen molar-refractivity contribution in [2.45, 2.75) is 19.1 Å². The highest BCUT2D eigenvalue weighted by Crippen LogP contribution is 2.26. The molecule has 0 radical (unpaired) electrons. The van der Waals surface area contributed by atoms with Gasteiger partial charge in [0.2, 0.25) is 0 Å². The molecule has 0 spiro atoms. The molecule has 3 rings (SSSR count). The van der Waals surface area contributed by atoms with Crippen LogP contribution < -0.4 is 9.47 Å². The van der Waals surface area contributed by atoms with E-state index in [1.165, 1.54) is 12.1 Å². The number of hydrogen-bond acceptors (Lipinski definition) is 4. The lowest BCUT2D eigenvalue weighted by atomic mass is 10.2. The highest BCUT2D eigenvalue weighted by atomic mass is 16.5. The van der Waals surface area contributed by atoms with E-state index in [2.05, 4.69) is 0 Å². The van der Waals surface area contributed by atoms with Gasteiger partial charge in [-0.3, -0.25) is 4.79 Å². The molecular formula is C19H19NO5. The predicted octanol–water partition coefficient (Wildman–Crippen LogP) is 2.57. The second kappa shape index (κ2) is 7.25. The fourth-order valence-corrected chi connectivity index (χ4v) is 2.65. The summed E-state index contributed by atoms with van der Waals surface area (Å²) in [5.74, 6) is -0.480. The van der Waals surface area contributed by atoms with E-state index in [-0.39, 0.29) is 11.5 Å². The number of ether oxygens (including phenoxy) is 2. The van der Waals surface area contributed by atoms with E-state index in [0.717, 1.165) is 5.56 Å². The summed E-state index contributed by atoms with van der Waals surface area (Å²) in [6.07, 6.45) is -0.0108. The molecule has 1 heterocycles. The largest absolute Gasteiger partial charge is 0.489 e. The Labute approximate surface area is 145 Å². The quantitative estimate of drug-likeness (QED) is 0.874. The van der Waals surface area contributed by atoms with E-state index in [1.54, 1.807) is 18.0 Å². The normalized spacial score (nSPS) is 16.8. The Morgan fingerprint density at radius 3 is 2.56 bits per heavy atom. The van der Waals surface area contributed by atoms with E-state index in [9.17, 15) is 14.7 Å². The molecule has 1 aliphatic rings. The second-order valence-electron chi connectivity index (χ2n) is 5.93. The van der Waals surface area contributed by atoms with Crippen molar-refractivity contribution < 1.29 is 24.2 Å². The zero-order chi connectivity index (χ0) is 17.8. The van der Waals surface area contributed by atoms with Crippen molar-refractivity contribution in [2.24, 2.45) is 0 Å². The van der Waals surface area contributed by atoms with Gasteiger partial charge in [0.1, 0.15) is 18.1 Å². The van der Waals surface area contributed by atoms with Crippen LogP contribution >= 0.6 is 0 Å². The van der Waals surface area contributed by atoms with Gasteiger partial charge >= 0.3 is 5.97 Å². The number of amides is 1. The summed E-state index contributed by atoms with van der Waals surface area (Å²) in [5, 5.41) is 9.29. The average molecular weight is 341 g/mol. The Kier molecular flexibility index (Phi) is 4.88. The first-order valence-electron chi connectivity index (χ1n) is 7.99. The van der Waals surface area contributed by atoms with E-state index in [4.69, 9.17) is 9.47 Å². The van der Waals surface area contributed by atoms with Crippen LogP contribution in [0.5, 0.6) is 11.5 Å². The van der Waals surface area contributed by atoms with Gasteiger partial charge in [-0.25, -0.2) is 4.79 Å². The van der Waals surface area contributed by atoms with Crippen molar-refractivity contribution in [3.8, 4) is 11.5 Å². The van der Waals surface area contributed by atoms with Gasteiger partial charge in [0.05, 0.1) is 5.56 Å². The lowest BCUT2D eigenvalue weighted by Crippen LogP contribution is -2.29. The SMILES string of the molecule is CN1CC[C@H](Oc2cc(OCc3ccccc3)cc(C(=O)O)c2)C1=O. The molecule has 1 N–H and O–H groups in total. The van der Waals surface area contributed by atoms with E-state index < -0.39 is 12.1 Å². The number of likely N-dealkylation sites (N-methyl/N-ethyl adjacent to an activating group) is 1. The van der Waals surface area contributed by atoms with Crippen LogP contribution in [0, 0.1) is 0 Å². The third kappa shape index (κ3) is 4.09. The maximum atomic E-state index is 12.0. The Hall–Kier alpha value is -3.02. The summed E-state index contributed by atoms with van der Waals surface area (Å²) >= 11 is 0. The number of rotatable bonds is 6. The molecule has 0 saturated carbocycles. The van der Waals surface area contributed by atoms with Gasteiger partial charge < -0.3 is 19.5 Å². The number of aromatic carboxylic acids is 1.